The molecule has 0 radical (unpaired) electrons. The predicted octanol–water partition coefficient (Wildman–Crippen LogP) is 4.66. The van der Waals surface area contributed by atoms with Gasteiger partial charge in [-0.2, -0.15) is 0 Å². The van der Waals surface area contributed by atoms with Gasteiger partial charge >= 0.3 is 0 Å². The van der Waals surface area contributed by atoms with Crippen LogP contribution < -0.4 is 4.74 Å². The van der Waals surface area contributed by atoms with Crippen molar-refractivity contribution in [1.29, 1.82) is 0 Å². The van der Waals surface area contributed by atoms with Crippen LogP contribution in [0.3, 0.4) is 0 Å². The summed E-state index contributed by atoms with van der Waals surface area (Å²) in [6.07, 6.45) is 5.36. The van der Waals surface area contributed by atoms with Gasteiger partial charge in [-0.3, -0.25) is 0 Å². The number of allylic oxidation sites excluding steroid dienone is 2. The highest BCUT2D eigenvalue weighted by atomic mass is 16.5. The molecule has 1 unspecified atom stereocenters. The maximum absolute atomic E-state index is 10.7. The Morgan fingerprint density at radius 2 is 2.00 bits per heavy atom. The highest BCUT2D eigenvalue weighted by Gasteiger charge is 2.27. The number of hydrogen-bond donors (Lipinski definition) is 2. The molecule has 23 heavy (non-hydrogen) atoms. The smallest absolute Gasteiger partial charge is 0.127 e. The lowest BCUT2D eigenvalue weighted by Gasteiger charge is -2.29. The number of aliphatic hydroxyl groups is 1. The molecular weight excluding hydrogens is 288 g/mol. The van der Waals surface area contributed by atoms with Crippen LogP contribution in [0.2, 0.25) is 0 Å². The molecule has 0 heterocycles. The van der Waals surface area contributed by atoms with Gasteiger partial charge in [-0.05, 0) is 63.6 Å². The van der Waals surface area contributed by atoms with E-state index >= 15 is 0 Å². The summed E-state index contributed by atoms with van der Waals surface area (Å²) in [4.78, 5) is 0. The lowest BCUT2D eigenvalue weighted by Crippen LogP contribution is -2.23. The Kier molecular flexibility index (Phi) is 5.41. The average molecular weight is 318 g/mol. The average Bonchev–Trinajstić information content (AvgIpc) is 2.46. The zero-order chi connectivity index (χ0) is 17.2. The molecule has 0 saturated heterocycles. The summed E-state index contributed by atoms with van der Waals surface area (Å²) in [7, 11) is 0. The van der Waals surface area contributed by atoms with Crippen LogP contribution in [0.1, 0.15) is 70.9 Å². The first-order valence-corrected chi connectivity index (χ1v) is 8.55. The fraction of sp³-hybridized carbons (Fsp3) is 0.600. The second-order valence-electron chi connectivity index (χ2n) is 7.64. The Bertz CT molecular complexity index is 585. The molecule has 2 rings (SSSR count). The van der Waals surface area contributed by atoms with Gasteiger partial charge in [0.05, 0.1) is 12.7 Å². The highest BCUT2D eigenvalue weighted by Crippen LogP contribution is 2.44. The van der Waals surface area contributed by atoms with Crippen LogP contribution in [-0.4, -0.2) is 22.9 Å². The van der Waals surface area contributed by atoms with Gasteiger partial charge in [-0.25, -0.2) is 0 Å². The maximum atomic E-state index is 10.7. The fourth-order valence-corrected chi connectivity index (χ4v) is 3.21. The molecule has 0 saturated carbocycles. The molecule has 1 atom stereocenters. The SMILES string of the molecule is CC1=CCCC(c2c(O)cc(C(C)(C)CO)cc2OC(C)C)C1. The number of aromatic hydroxyl groups is 1. The second-order valence-corrected chi connectivity index (χ2v) is 7.64. The first-order valence-electron chi connectivity index (χ1n) is 8.55. The third-order valence-corrected chi connectivity index (χ3v) is 4.64. The van der Waals surface area contributed by atoms with E-state index in [0.717, 1.165) is 36.1 Å². The van der Waals surface area contributed by atoms with Crippen molar-refractivity contribution in [2.45, 2.75) is 71.3 Å². The minimum Gasteiger partial charge on any atom is -0.508 e. The Morgan fingerprint density at radius 1 is 1.30 bits per heavy atom. The maximum Gasteiger partial charge on any atom is 0.127 e. The van der Waals surface area contributed by atoms with Crippen LogP contribution in [0.15, 0.2) is 23.8 Å². The van der Waals surface area contributed by atoms with Gasteiger partial charge in [-0.1, -0.05) is 25.5 Å². The molecule has 0 amide bonds. The third-order valence-electron chi connectivity index (χ3n) is 4.64. The third kappa shape index (κ3) is 4.08. The highest BCUT2D eigenvalue weighted by molar-refractivity contribution is 5.52. The van der Waals surface area contributed by atoms with Crippen molar-refractivity contribution in [3.05, 3.63) is 34.9 Å². The summed E-state index contributed by atoms with van der Waals surface area (Å²) in [5, 5.41) is 20.3. The molecule has 0 aliphatic heterocycles. The number of aliphatic hydroxyl groups excluding tert-OH is 1. The standard InChI is InChI=1S/C20H30O3/c1-13(2)23-18-11-16(20(4,5)12-21)10-17(22)19(18)15-8-6-7-14(3)9-15/h7,10-11,13,15,21-22H,6,8-9,12H2,1-5H3. The van der Waals surface area contributed by atoms with Gasteiger partial charge in [0.1, 0.15) is 11.5 Å². The number of phenols is 1. The summed E-state index contributed by atoms with van der Waals surface area (Å²) >= 11 is 0. The first-order chi connectivity index (χ1) is 10.7. The van der Waals surface area contributed by atoms with Crippen LogP contribution in [-0.2, 0) is 5.41 Å². The summed E-state index contributed by atoms with van der Waals surface area (Å²) < 4.78 is 6.03. The van der Waals surface area contributed by atoms with Crippen LogP contribution >= 0.6 is 0 Å². The van der Waals surface area contributed by atoms with Crippen molar-refractivity contribution in [2.24, 2.45) is 0 Å². The van der Waals surface area contributed by atoms with Crippen molar-refractivity contribution in [3.8, 4) is 11.5 Å². The predicted molar refractivity (Wildman–Crippen MR) is 94.3 cm³/mol. The van der Waals surface area contributed by atoms with Crippen LogP contribution in [0, 0.1) is 0 Å². The summed E-state index contributed by atoms with van der Waals surface area (Å²) in [6.45, 7) is 10.1. The molecule has 1 aromatic rings. The van der Waals surface area contributed by atoms with E-state index in [-0.39, 0.29) is 12.7 Å². The molecular formula is C20H30O3. The van der Waals surface area contributed by atoms with Crippen LogP contribution in [0.25, 0.3) is 0 Å². The zero-order valence-electron chi connectivity index (χ0n) is 15.0. The molecule has 3 heteroatoms. The normalized spacial score (nSPS) is 18.9. The van der Waals surface area contributed by atoms with E-state index in [1.165, 1.54) is 5.57 Å². The summed E-state index contributed by atoms with van der Waals surface area (Å²) in [5.74, 6) is 1.34. The van der Waals surface area contributed by atoms with E-state index in [2.05, 4.69) is 13.0 Å². The van der Waals surface area contributed by atoms with Crippen molar-refractivity contribution in [2.75, 3.05) is 6.61 Å². The van der Waals surface area contributed by atoms with Crippen molar-refractivity contribution in [3.63, 3.8) is 0 Å². The van der Waals surface area contributed by atoms with E-state index in [1.807, 2.05) is 33.8 Å². The van der Waals surface area contributed by atoms with Gasteiger partial charge in [0.25, 0.3) is 0 Å². The Labute approximate surface area is 140 Å². The number of benzene rings is 1. The monoisotopic (exact) mass is 318 g/mol. The Morgan fingerprint density at radius 3 is 2.57 bits per heavy atom. The fourth-order valence-electron chi connectivity index (χ4n) is 3.21. The van der Waals surface area contributed by atoms with Gasteiger partial charge in [-0.15, -0.1) is 0 Å². The summed E-state index contributed by atoms with van der Waals surface area (Å²) in [6, 6.07) is 3.80. The van der Waals surface area contributed by atoms with E-state index in [0.29, 0.717) is 11.7 Å². The summed E-state index contributed by atoms with van der Waals surface area (Å²) in [5.41, 5.74) is 2.78. The minimum absolute atomic E-state index is 0.0260. The molecule has 0 fully saturated rings. The number of ether oxygens (including phenoxy) is 1. The lowest BCUT2D eigenvalue weighted by atomic mass is 9.80. The molecule has 1 aliphatic rings. The van der Waals surface area contributed by atoms with Gasteiger partial charge in [0.15, 0.2) is 0 Å². The van der Waals surface area contributed by atoms with E-state index < -0.39 is 5.41 Å². The van der Waals surface area contributed by atoms with Gasteiger partial charge in [0, 0.05) is 11.0 Å². The number of hydrogen-bond acceptors (Lipinski definition) is 3. The zero-order valence-corrected chi connectivity index (χ0v) is 15.0. The van der Waals surface area contributed by atoms with Crippen molar-refractivity contribution in [1.82, 2.24) is 0 Å². The largest absolute Gasteiger partial charge is 0.508 e. The number of rotatable bonds is 5. The molecule has 128 valence electrons. The van der Waals surface area contributed by atoms with Crippen LogP contribution in [0.5, 0.6) is 11.5 Å². The first kappa shape index (κ1) is 17.9. The topological polar surface area (TPSA) is 49.7 Å². The lowest BCUT2D eigenvalue weighted by molar-refractivity contribution is 0.215. The quantitative estimate of drug-likeness (QED) is 0.776. The second kappa shape index (κ2) is 6.96. The molecule has 0 bridgehead atoms. The molecule has 1 aliphatic carbocycles. The Hall–Kier alpha value is -1.48. The van der Waals surface area contributed by atoms with E-state index in [1.54, 1.807) is 6.07 Å². The van der Waals surface area contributed by atoms with E-state index in [4.69, 9.17) is 4.74 Å². The molecule has 0 spiro atoms. The number of phenolic OH excluding ortho intramolecular Hbond substituents is 1. The van der Waals surface area contributed by atoms with Crippen molar-refractivity contribution < 1.29 is 14.9 Å². The molecule has 0 aromatic heterocycles. The van der Waals surface area contributed by atoms with Gasteiger partial charge in [0.2, 0.25) is 0 Å². The molecule has 3 nitrogen and oxygen atoms in total. The Balaban J connectivity index is 2.50. The molecule has 1 aromatic carbocycles. The van der Waals surface area contributed by atoms with Crippen molar-refractivity contribution >= 4 is 0 Å². The molecule has 2 N–H and O–H groups in total. The van der Waals surface area contributed by atoms with Gasteiger partial charge < -0.3 is 14.9 Å². The minimum atomic E-state index is -0.409. The van der Waals surface area contributed by atoms with Crippen LogP contribution in [0.4, 0.5) is 0 Å². The van der Waals surface area contributed by atoms with E-state index in [9.17, 15) is 10.2 Å².